The van der Waals surface area contributed by atoms with Gasteiger partial charge in [0, 0.05) is 24.3 Å². The highest BCUT2D eigenvalue weighted by atomic mass is 32.2. The Labute approximate surface area is 208 Å². The van der Waals surface area contributed by atoms with Gasteiger partial charge in [-0.15, -0.1) is 0 Å². The van der Waals surface area contributed by atoms with Crippen molar-refractivity contribution < 1.29 is 27.4 Å². The second-order valence-corrected chi connectivity index (χ2v) is 9.93. The van der Waals surface area contributed by atoms with E-state index in [2.05, 4.69) is 14.7 Å². The van der Waals surface area contributed by atoms with Crippen molar-refractivity contribution in [1.29, 1.82) is 0 Å². The number of carbonyl (C=O) groups is 1. The number of hydrogen-bond acceptors (Lipinski definition) is 8. The topological polar surface area (TPSA) is 117 Å². The smallest absolute Gasteiger partial charge is 0.283 e. The van der Waals surface area contributed by atoms with Crippen molar-refractivity contribution in [2.24, 2.45) is 0 Å². The number of nitrogens with one attached hydrogen (secondary N) is 1. The number of carbonyl (C=O) groups excluding carboxylic acids is 1. The van der Waals surface area contributed by atoms with E-state index in [0.29, 0.717) is 24.3 Å². The summed E-state index contributed by atoms with van der Waals surface area (Å²) in [5, 5.41) is 0.789. The van der Waals surface area contributed by atoms with Crippen molar-refractivity contribution in [2.45, 2.75) is 10.5 Å². The molecular weight excluding hydrogens is 482 g/mol. The molecule has 5 rings (SSSR count). The second kappa shape index (κ2) is 9.30. The molecule has 184 valence electrons. The maximum Gasteiger partial charge on any atom is 0.283 e. The Hall–Kier alpha value is -3.86. The molecule has 1 amide bonds. The number of methoxy groups -OCH3 is 2. The Morgan fingerprint density at radius 2 is 1.86 bits per heavy atom. The molecule has 10 heteroatoms. The van der Waals surface area contributed by atoms with E-state index in [1.807, 2.05) is 30.3 Å². The standard InChI is InChI=1S/C26H23N3O6S/c1-33-23-12-9-17(26(34-2)15-35-16-26)14-24(23)36(31,32)29-25(30)22-11-10-19-18(6-5-8-21(19)28-22)20-7-3-4-13-27-20/h3-14H,15-16H2,1-2H3,(H,29,30). The second-order valence-electron chi connectivity index (χ2n) is 8.28. The average molecular weight is 506 g/mol. The van der Waals surface area contributed by atoms with Crippen LogP contribution in [0.25, 0.3) is 22.2 Å². The molecule has 1 aliphatic rings. The van der Waals surface area contributed by atoms with Gasteiger partial charge in [0.2, 0.25) is 0 Å². The minimum atomic E-state index is -4.30. The van der Waals surface area contributed by atoms with E-state index in [0.717, 1.165) is 16.6 Å². The fourth-order valence-corrected chi connectivity index (χ4v) is 5.27. The van der Waals surface area contributed by atoms with E-state index in [1.165, 1.54) is 32.4 Å². The van der Waals surface area contributed by atoms with Crippen LogP contribution in [0, 0.1) is 0 Å². The highest BCUT2D eigenvalue weighted by molar-refractivity contribution is 7.90. The summed E-state index contributed by atoms with van der Waals surface area (Å²) in [6.45, 7) is 0.590. The van der Waals surface area contributed by atoms with Crippen molar-refractivity contribution in [3.63, 3.8) is 0 Å². The van der Waals surface area contributed by atoms with Crippen molar-refractivity contribution in [3.8, 4) is 17.0 Å². The molecule has 0 aliphatic carbocycles. The summed E-state index contributed by atoms with van der Waals surface area (Å²) in [6, 6.07) is 19.0. The van der Waals surface area contributed by atoms with Gasteiger partial charge >= 0.3 is 0 Å². The zero-order valence-electron chi connectivity index (χ0n) is 19.6. The van der Waals surface area contributed by atoms with E-state index >= 15 is 0 Å². The number of nitrogens with zero attached hydrogens (tertiary/aromatic N) is 2. The average Bonchev–Trinajstić information content (AvgIpc) is 2.88. The Kier molecular flexibility index (Phi) is 6.17. The summed E-state index contributed by atoms with van der Waals surface area (Å²) in [7, 11) is -1.41. The third-order valence-electron chi connectivity index (χ3n) is 6.17. The Morgan fingerprint density at radius 3 is 2.53 bits per heavy atom. The quantitative estimate of drug-likeness (QED) is 0.407. The number of fused-ring (bicyclic) bond motifs is 1. The van der Waals surface area contributed by atoms with Crippen molar-refractivity contribution in [1.82, 2.24) is 14.7 Å². The molecule has 1 fully saturated rings. The molecule has 2 aromatic heterocycles. The lowest BCUT2D eigenvalue weighted by Gasteiger charge is -2.40. The van der Waals surface area contributed by atoms with E-state index in [4.69, 9.17) is 14.2 Å². The molecule has 0 saturated carbocycles. The largest absolute Gasteiger partial charge is 0.495 e. The first-order valence-electron chi connectivity index (χ1n) is 11.1. The molecule has 0 radical (unpaired) electrons. The van der Waals surface area contributed by atoms with Crippen molar-refractivity contribution in [2.75, 3.05) is 27.4 Å². The third-order valence-corrected chi connectivity index (χ3v) is 7.53. The normalized spacial score (nSPS) is 14.7. The van der Waals surface area contributed by atoms with Crippen LogP contribution in [0.5, 0.6) is 5.75 Å². The van der Waals surface area contributed by atoms with Crippen LogP contribution in [0.15, 0.2) is 77.8 Å². The van der Waals surface area contributed by atoms with Crippen molar-refractivity contribution in [3.05, 3.63) is 84.2 Å². The van der Waals surface area contributed by atoms with Crippen LogP contribution in [-0.2, 0) is 25.1 Å². The third kappa shape index (κ3) is 4.19. The molecular formula is C26H23N3O6S. The maximum absolute atomic E-state index is 13.3. The summed E-state index contributed by atoms with van der Waals surface area (Å²) in [5.74, 6) is -0.766. The van der Waals surface area contributed by atoms with Gasteiger partial charge in [-0.3, -0.25) is 9.78 Å². The molecule has 36 heavy (non-hydrogen) atoms. The fourth-order valence-electron chi connectivity index (χ4n) is 4.12. The van der Waals surface area contributed by atoms with Crippen LogP contribution in [0.3, 0.4) is 0 Å². The lowest BCUT2D eigenvalue weighted by molar-refractivity contribution is -0.202. The summed E-state index contributed by atoms with van der Waals surface area (Å²) in [6.07, 6.45) is 1.70. The van der Waals surface area contributed by atoms with Crippen LogP contribution in [0.1, 0.15) is 16.1 Å². The molecule has 2 aromatic carbocycles. The first-order valence-corrected chi connectivity index (χ1v) is 12.5. The van der Waals surface area contributed by atoms with Crippen LogP contribution < -0.4 is 9.46 Å². The van der Waals surface area contributed by atoms with E-state index < -0.39 is 21.5 Å². The molecule has 0 bridgehead atoms. The fraction of sp³-hybridized carbons (Fsp3) is 0.192. The van der Waals surface area contributed by atoms with Gasteiger partial charge in [-0.05, 0) is 48.0 Å². The molecule has 9 nitrogen and oxygen atoms in total. The zero-order valence-corrected chi connectivity index (χ0v) is 20.4. The summed E-state index contributed by atoms with van der Waals surface area (Å²) in [4.78, 5) is 21.6. The van der Waals surface area contributed by atoms with Crippen LogP contribution in [0.2, 0.25) is 0 Å². The number of benzene rings is 2. The summed E-state index contributed by atoms with van der Waals surface area (Å²) < 4.78 is 44.7. The summed E-state index contributed by atoms with van der Waals surface area (Å²) in [5.41, 5.74) is 1.98. The molecule has 1 N–H and O–H groups in total. The van der Waals surface area contributed by atoms with Gasteiger partial charge in [0.25, 0.3) is 15.9 Å². The number of ether oxygens (including phenoxy) is 3. The molecule has 1 aliphatic heterocycles. The lowest BCUT2D eigenvalue weighted by atomic mass is 9.92. The first kappa shape index (κ1) is 23.9. The number of amides is 1. The number of pyridine rings is 2. The van der Waals surface area contributed by atoms with Crippen molar-refractivity contribution >= 4 is 26.8 Å². The Bertz CT molecular complexity index is 1550. The zero-order chi connectivity index (χ0) is 25.3. The van der Waals surface area contributed by atoms with Crippen LogP contribution >= 0.6 is 0 Å². The molecule has 3 heterocycles. The van der Waals surface area contributed by atoms with Gasteiger partial charge in [-0.2, -0.15) is 0 Å². The molecule has 0 spiro atoms. The van der Waals surface area contributed by atoms with Crippen LogP contribution in [0.4, 0.5) is 0 Å². The van der Waals surface area contributed by atoms with Crippen LogP contribution in [-0.4, -0.2) is 51.7 Å². The van der Waals surface area contributed by atoms with E-state index in [9.17, 15) is 13.2 Å². The summed E-state index contributed by atoms with van der Waals surface area (Å²) >= 11 is 0. The number of hydrogen-bond donors (Lipinski definition) is 1. The highest BCUT2D eigenvalue weighted by Crippen LogP contribution is 2.36. The number of rotatable bonds is 7. The van der Waals surface area contributed by atoms with Gasteiger partial charge in [0.1, 0.15) is 21.9 Å². The minimum Gasteiger partial charge on any atom is -0.495 e. The van der Waals surface area contributed by atoms with Gasteiger partial charge in [0.15, 0.2) is 0 Å². The van der Waals surface area contributed by atoms with Gasteiger partial charge in [-0.1, -0.05) is 24.3 Å². The highest BCUT2D eigenvalue weighted by Gasteiger charge is 2.41. The predicted molar refractivity (Wildman–Crippen MR) is 132 cm³/mol. The lowest BCUT2D eigenvalue weighted by Crippen LogP contribution is -2.48. The molecule has 0 unspecified atom stereocenters. The van der Waals surface area contributed by atoms with Gasteiger partial charge in [0.05, 0.1) is 31.5 Å². The number of sulfonamides is 1. The van der Waals surface area contributed by atoms with E-state index in [1.54, 1.807) is 24.4 Å². The minimum absolute atomic E-state index is 0.0416. The van der Waals surface area contributed by atoms with Gasteiger partial charge in [-0.25, -0.2) is 18.1 Å². The van der Waals surface area contributed by atoms with Gasteiger partial charge < -0.3 is 14.2 Å². The number of aromatic nitrogens is 2. The molecule has 1 saturated heterocycles. The maximum atomic E-state index is 13.3. The molecule has 4 aromatic rings. The Balaban J connectivity index is 1.46. The first-order chi connectivity index (χ1) is 17.4. The molecule has 0 atom stereocenters. The van der Waals surface area contributed by atoms with E-state index in [-0.39, 0.29) is 16.3 Å². The monoisotopic (exact) mass is 505 g/mol. The SMILES string of the molecule is COc1ccc(C2(OC)COC2)cc1S(=O)(=O)NC(=O)c1ccc2c(-c3ccccn3)cccc2n1. The predicted octanol–water partition coefficient (Wildman–Crippen LogP) is 3.30. The Morgan fingerprint density at radius 1 is 1.03 bits per heavy atom.